The van der Waals surface area contributed by atoms with Crippen molar-refractivity contribution in [3.63, 3.8) is 0 Å². The Balaban J connectivity index is 1.37. The Bertz CT molecular complexity index is 990. The van der Waals surface area contributed by atoms with Crippen LogP contribution in [0.4, 0.5) is 5.69 Å². The third-order valence-electron chi connectivity index (χ3n) is 4.50. The average molecular weight is 384 g/mol. The van der Waals surface area contributed by atoms with Gasteiger partial charge in [-0.2, -0.15) is 0 Å². The van der Waals surface area contributed by atoms with Crippen molar-refractivity contribution in [3.05, 3.63) is 58.0 Å². The average Bonchev–Trinajstić information content (AvgIpc) is 3.16. The summed E-state index contributed by atoms with van der Waals surface area (Å²) < 4.78 is 7.26. The van der Waals surface area contributed by atoms with Gasteiger partial charge in [0, 0.05) is 25.3 Å². The fraction of sp³-hybridized carbons (Fsp3) is 0.316. The van der Waals surface area contributed by atoms with Gasteiger partial charge in [0.25, 0.3) is 5.56 Å². The molecule has 0 unspecified atom stereocenters. The minimum Gasteiger partial charge on any atom is -0.379 e. The van der Waals surface area contributed by atoms with Crippen molar-refractivity contribution in [1.29, 1.82) is 0 Å². The Kier molecular flexibility index (Phi) is 5.28. The van der Waals surface area contributed by atoms with Gasteiger partial charge in [-0.05, 0) is 29.1 Å². The first-order chi connectivity index (χ1) is 13.2. The maximum absolute atomic E-state index is 12.4. The van der Waals surface area contributed by atoms with Gasteiger partial charge in [-0.1, -0.05) is 12.1 Å². The monoisotopic (exact) mass is 384 g/mol. The van der Waals surface area contributed by atoms with Gasteiger partial charge in [0.05, 0.1) is 25.1 Å². The highest BCUT2D eigenvalue weighted by molar-refractivity contribution is 7.17. The van der Waals surface area contributed by atoms with Crippen molar-refractivity contribution in [3.8, 4) is 0 Å². The number of carbonyl (C=O) groups excluding carboxylic acids is 1. The zero-order valence-electron chi connectivity index (χ0n) is 14.8. The van der Waals surface area contributed by atoms with Crippen molar-refractivity contribution in [1.82, 2.24) is 14.5 Å². The minimum absolute atomic E-state index is 0.0603. The number of thiophene rings is 1. The fourth-order valence-corrected chi connectivity index (χ4v) is 3.85. The zero-order valence-corrected chi connectivity index (χ0v) is 15.6. The first-order valence-electron chi connectivity index (χ1n) is 8.80. The number of rotatable bonds is 5. The van der Waals surface area contributed by atoms with E-state index in [1.165, 1.54) is 27.8 Å². The number of nitrogens with zero attached hydrogens (tertiary/aromatic N) is 3. The molecule has 3 aromatic rings. The summed E-state index contributed by atoms with van der Waals surface area (Å²) in [4.78, 5) is 31.2. The Morgan fingerprint density at radius 1 is 1.19 bits per heavy atom. The molecule has 0 spiro atoms. The number of benzene rings is 1. The van der Waals surface area contributed by atoms with Crippen LogP contribution in [0.15, 0.2) is 46.8 Å². The van der Waals surface area contributed by atoms with Gasteiger partial charge in [-0.15, -0.1) is 11.3 Å². The Hall–Kier alpha value is -2.55. The molecule has 1 amide bonds. The molecule has 4 rings (SSSR count). The SMILES string of the molecule is O=C(Cn1cnc2ccsc2c1=O)Nc1ccc(CN2CCOCC2)cc1. The molecule has 0 atom stereocenters. The summed E-state index contributed by atoms with van der Waals surface area (Å²) in [6.45, 7) is 4.25. The van der Waals surface area contributed by atoms with E-state index in [0.29, 0.717) is 15.9 Å². The number of aromatic nitrogens is 2. The maximum Gasteiger partial charge on any atom is 0.271 e. The van der Waals surface area contributed by atoms with Crippen LogP contribution in [-0.2, 0) is 22.6 Å². The lowest BCUT2D eigenvalue weighted by Crippen LogP contribution is -2.35. The minimum atomic E-state index is -0.254. The predicted molar refractivity (Wildman–Crippen MR) is 105 cm³/mol. The van der Waals surface area contributed by atoms with Crippen molar-refractivity contribution in [2.24, 2.45) is 0 Å². The van der Waals surface area contributed by atoms with E-state index in [1.807, 2.05) is 29.6 Å². The molecule has 0 bridgehead atoms. The van der Waals surface area contributed by atoms with E-state index in [1.54, 1.807) is 6.07 Å². The largest absolute Gasteiger partial charge is 0.379 e. The van der Waals surface area contributed by atoms with E-state index in [2.05, 4.69) is 15.2 Å². The maximum atomic E-state index is 12.4. The van der Waals surface area contributed by atoms with Gasteiger partial charge in [-0.3, -0.25) is 19.1 Å². The summed E-state index contributed by atoms with van der Waals surface area (Å²) in [6.07, 6.45) is 1.42. The third-order valence-corrected chi connectivity index (χ3v) is 5.39. The molecule has 0 radical (unpaired) electrons. The first-order valence-corrected chi connectivity index (χ1v) is 9.68. The molecule has 0 saturated carbocycles. The Morgan fingerprint density at radius 2 is 1.96 bits per heavy atom. The molecule has 140 valence electrons. The van der Waals surface area contributed by atoms with E-state index in [4.69, 9.17) is 4.74 Å². The predicted octanol–water partition coefficient (Wildman–Crippen LogP) is 1.93. The number of ether oxygens (including phenoxy) is 1. The number of fused-ring (bicyclic) bond motifs is 1. The second-order valence-electron chi connectivity index (χ2n) is 6.45. The first kappa shape index (κ1) is 17.8. The fourth-order valence-electron chi connectivity index (χ4n) is 3.06. The second-order valence-corrected chi connectivity index (χ2v) is 7.36. The van der Waals surface area contributed by atoms with Gasteiger partial charge in [0.2, 0.25) is 5.91 Å². The number of hydrogen-bond donors (Lipinski definition) is 1. The van der Waals surface area contributed by atoms with E-state index in [0.717, 1.165) is 32.8 Å². The van der Waals surface area contributed by atoms with Crippen molar-refractivity contribution in [2.45, 2.75) is 13.1 Å². The lowest BCUT2D eigenvalue weighted by molar-refractivity contribution is -0.116. The number of anilines is 1. The molecular formula is C19H20N4O3S. The Labute approximate surface area is 160 Å². The van der Waals surface area contributed by atoms with Crippen LogP contribution in [0.5, 0.6) is 0 Å². The summed E-state index contributed by atoms with van der Waals surface area (Å²) in [5, 5.41) is 4.66. The van der Waals surface area contributed by atoms with Crippen molar-refractivity contribution in [2.75, 3.05) is 31.6 Å². The van der Waals surface area contributed by atoms with E-state index < -0.39 is 0 Å². The molecule has 7 nitrogen and oxygen atoms in total. The number of morpholine rings is 1. The summed E-state index contributed by atoms with van der Waals surface area (Å²) in [6, 6.07) is 9.59. The highest BCUT2D eigenvalue weighted by Crippen LogP contribution is 2.14. The summed E-state index contributed by atoms with van der Waals surface area (Å²) >= 11 is 1.34. The standard InChI is InChI=1S/C19H20N4O3S/c24-17(12-23-13-20-16-5-10-27-18(16)19(23)25)21-15-3-1-14(2-4-15)11-22-6-8-26-9-7-22/h1-5,10,13H,6-9,11-12H2,(H,21,24). The molecule has 0 aliphatic carbocycles. The van der Waals surface area contributed by atoms with Crippen LogP contribution < -0.4 is 10.9 Å². The van der Waals surface area contributed by atoms with Gasteiger partial charge < -0.3 is 10.1 Å². The molecule has 8 heteroatoms. The van der Waals surface area contributed by atoms with Crippen molar-refractivity contribution >= 4 is 33.1 Å². The molecule has 2 aromatic heterocycles. The lowest BCUT2D eigenvalue weighted by atomic mass is 10.2. The number of nitrogens with one attached hydrogen (secondary N) is 1. The lowest BCUT2D eigenvalue weighted by Gasteiger charge is -2.26. The van der Waals surface area contributed by atoms with Crippen LogP contribution in [0.1, 0.15) is 5.56 Å². The highest BCUT2D eigenvalue weighted by Gasteiger charge is 2.12. The van der Waals surface area contributed by atoms with E-state index >= 15 is 0 Å². The third kappa shape index (κ3) is 4.24. The molecular weight excluding hydrogens is 364 g/mol. The van der Waals surface area contributed by atoms with E-state index in [-0.39, 0.29) is 18.0 Å². The Morgan fingerprint density at radius 3 is 2.74 bits per heavy atom. The normalized spacial score (nSPS) is 15.1. The molecule has 27 heavy (non-hydrogen) atoms. The van der Waals surface area contributed by atoms with Crippen LogP contribution >= 0.6 is 11.3 Å². The van der Waals surface area contributed by atoms with Crippen LogP contribution in [-0.4, -0.2) is 46.7 Å². The summed E-state index contributed by atoms with van der Waals surface area (Å²) in [5.74, 6) is -0.254. The topological polar surface area (TPSA) is 76.5 Å². The molecule has 3 heterocycles. The molecule has 1 saturated heterocycles. The number of amides is 1. The second kappa shape index (κ2) is 7.99. The molecule has 1 N–H and O–H groups in total. The van der Waals surface area contributed by atoms with Crippen molar-refractivity contribution < 1.29 is 9.53 Å². The van der Waals surface area contributed by atoms with Crippen LogP contribution in [0, 0.1) is 0 Å². The summed E-state index contributed by atoms with van der Waals surface area (Å²) in [5.41, 5.74) is 2.38. The van der Waals surface area contributed by atoms with Crippen LogP contribution in [0.3, 0.4) is 0 Å². The zero-order chi connectivity index (χ0) is 18.6. The quantitative estimate of drug-likeness (QED) is 0.727. The smallest absolute Gasteiger partial charge is 0.271 e. The summed E-state index contributed by atoms with van der Waals surface area (Å²) in [7, 11) is 0. The molecule has 1 aliphatic rings. The molecule has 1 aromatic carbocycles. The van der Waals surface area contributed by atoms with Gasteiger partial charge in [0.1, 0.15) is 11.2 Å². The number of carbonyl (C=O) groups is 1. The number of hydrogen-bond acceptors (Lipinski definition) is 6. The van der Waals surface area contributed by atoms with Gasteiger partial charge in [-0.25, -0.2) is 4.98 Å². The van der Waals surface area contributed by atoms with E-state index in [9.17, 15) is 9.59 Å². The highest BCUT2D eigenvalue weighted by atomic mass is 32.1. The van der Waals surface area contributed by atoms with Crippen LogP contribution in [0.25, 0.3) is 10.2 Å². The van der Waals surface area contributed by atoms with Gasteiger partial charge in [0.15, 0.2) is 0 Å². The van der Waals surface area contributed by atoms with Gasteiger partial charge >= 0.3 is 0 Å². The van der Waals surface area contributed by atoms with Crippen LogP contribution in [0.2, 0.25) is 0 Å². The molecule has 1 aliphatic heterocycles. The molecule has 1 fully saturated rings.